The summed E-state index contributed by atoms with van der Waals surface area (Å²) >= 11 is 0. The number of hydrogen-bond acceptors (Lipinski definition) is 6. The monoisotopic (exact) mass is 390 g/mol. The van der Waals surface area contributed by atoms with Crippen LogP contribution in [0.15, 0.2) is 53.6 Å². The van der Waals surface area contributed by atoms with Crippen LogP contribution in [0.1, 0.15) is 6.92 Å². The lowest BCUT2D eigenvalue weighted by atomic mass is 10.3. The van der Waals surface area contributed by atoms with E-state index in [4.69, 9.17) is 0 Å². The fourth-order valence-electron chi connectivity index (χ4n) is 2.17. The number of amides is 1. The number of benzene rings is 1. The van der Waals surface area contributed by atoms with Gasteiger partial charge in [0.15, 0.2) is 5.82 Å². The van der Waals surface area contributed by atoms with Gasteiger partial charge in [0, 0.05) is 6.20 Å². The molecule has 1 amide bonds. The molecule has 1 atom stereocenters. The Morgan fingerprint density at radius 3 is 2.63 bits per heavy atom. The molecule has 0 fully saturated rings. The van der Waals surface area contributed by atoms with Crippen molar-refractivity contribution in [1.82, 2.24) is 24.9 Å². The molecule has 0 saturated heterocycles. The number of anilines is 1. The predicted octanol–water partition coefficient (Wildman–Crippen LogP) is 1.31. The molecule has 0 aliphatic carbocycles. The number of aromatic amines is 1. The Morgan fingerprint density at radius 2 is 1.93 bits per heavy atom. The summed E-state index contributed by atoms with van der Waals surface area (Å²) in [7, 11) is -4.21. The van der Waals surface area contributed by atoms with E-state index in [0.717, 1.165) is 12.1 Å². The molecule has 9 nitrogen and oxygen atoms in total. The second-order valence-corrected chi connectivity index (χ2v) is 7.17. The van der Waals surface area contributed by atoms with Gasteiger partial charge in [-0.25, -0.2) is 12.8 Å². The summed E-state index contributed by atoms with van der Waals surface area (Å²) in [6.07, 6.45) is 1.58. The fourth-order valence-corrected chi connectivity index (χ4v) is 3.45. The standard InChI is InChI=1S/C16H15FN6O3S/c1-10(23-27(25,26)13-8-3-2-6-11(13)17)15(24)20-16-19-14(21-22-16)12-7-4-5-9-18-12/h2-10,23H,1H3,(H2,19,20,21,22,24). The van der Waals surface area contributed by atoms with Crippen LogP contribution in [0, 0.1) is 5.82 Å². The molecule has 1 unspecified atom stereocenters. The largest absolute Gasteiger partial charge is 0.292 e. The maximum absolute atomic E-state index is 13.7. The third-order valence-electron chi connectivity index (χ3n) is 3.48. The Morgan fingerprint density at radius 1 is 1.19 bits per heavy atom. The van der Waals surface area contributed by atoms with Gasteiger partial charge in [-0.2, -0.15) is 9.71 Å². The lowest BCUT2D eigenvalue weighted by Crippen LogP contribution is -2.41. The lowest BCUT2D eigenvalue weighted by molar-refractivity contribution is -0.117. The zero-order chi connectivity index (χ0) is 19.4. The highest BCUT2D eigenvalue weighted by molar-refractivity contribution is 7.89. The number of halogens is 1. The number of carbonyl (C=O) groups is 1. The SMILES string of the molecule is CC(NS(=O)(=O)c1ccccc1F)C(=O)Nc1n[nH]c(-c2ccccn2)n1. The van der Waals surface area contributed by atoms with Gasteiger partial charge in [-0.1, -0.05) is 18.2 Å². The number of sulfonamides is 1. The third-order valence-corrected chi connectivity index (χ3v) is 5.05. The Bertz CT molecular complexity index is 1050. The first kappa shape index (κ1) is 18.6. The summed E-state index contributed by atoms with van der Waals surface area (Å²) in [5.74, 6) is -1.32. The Balaban J connectivity index is 1.68. The van der Waals surface area contributed by atoms with Gasteiger partial charge < -0.3 is 0 Å². The van der Waals surface area contributed by atoms with Crippen LogP contribution in [0.25, 0.3) is 11.5 Å². The zero-order valence-electron chi connectivity index (χ0n) is 14.0. The van der Waals surface area contributed by atoms with E-state index in [0.29, 0.717) is 11.5 Å². The smallest absolute Gasteiger partial charge is 0.249 e. The van der Waals surface area contributed by atoms with Gasteiger partial charge in [0.1, 0.15) is 16.4 Å². The number of carbonyl (C=O) groups excluding carboxylic acids is 1. The number of rotatable bonds is 6. The molecule has 3 N–H and O–H groups in total. The number of pyridine rings is 1. The van der Waals surface area contributed by atoms with Crippen molar-refractivity contribution in [3.63, 3.8) is 0 Å². The molecule has 2 aromatic heterocycles. The summed E-state index contributed by atoms with van der Waals surface area (Å²) in [5.41, 5.74) is 0.527. The molecule has 0 radical (unpaired) electrons. The molecule has 3 rings (SSSR count). The van der Waals surface area contributed by atoms with Gasteiger partial charge in [0.05, 0.1) is 6.04 Å². The number of hydrogen-bond donors (Lipinski definition) is 3. The Labute approximate surface area is 154 Å². The minimum atomic E-state index is -4.21. The first-order valence-corrected chi connectivity index (χ1v) is 9.26. The molecule has 11 heteroatoms. The van der Waals surface area contributed by atoms with Crippen LogP contribution >= 0.6 is 0 Å². The van der Waals surface area contributed by atoms with Crippen molar-refractivity contribution in [1.29, 1.82) is 0 Å². The fraction of sp³-hybridized carbons (Fsp3) is 0.125. The van der Waals surface area contributed by atoms with E-state index in [-0.39, 0.29) is 5.95 Å². The summed E-state index contributed by atoms with van der Waals surface area (Å²) < 4.78 is 40.3. The van der Waals surface area contributed by atoms with Crippen molar-refractivity contribution >= 4 is 21.9 Å². The minimum Gasteiger partial charge on any atom is -0.292 e. The second kappa shape index (κ2) is 7.60. The van der Waals surface area contributed by atoms with Crippen LogP contribution in [0.4, 0.5) is 10.3 Å². The van der Waals surface area contributed by atoms with Gasteiger partial charge >= 0.3 is 0 Å². The quantitative estimate of drug-likeness (QED) is 0.582. The van der Waals surface area contributed by atoms with Crippen LogP contribution in [-0.4, -0.2) is 40.5 Å². The first-order valence-electron chi connectivity index (χ1n) is 7.78. The number of nitrogens with zero attached hydrogens (tertiary/aromatic N) is 3. The molecule has 1 aromatic carbocycles. The topological polar surface area (TPSA) is 130 Å². The van der Waals surface area contributed by atoms with Crippen molar-refractivity contribution in [3.05, 3.63) is 54.5 Å². The Hall–Kier alpha value is -3.18. The van der Waals surface area contributed by atoms with Crippen molar-refractivity contribution < 1.29 is 17.6 Å². The summed E-state index contributed by atoms with van der Waals surface area (Å²) in [6, 6.07) is 8.91. The van der Waals surface area contributed by atoms with Gasteiger partial charge in [-0.15, -0.1) is 5.10 Å². The number of nitrogens with one attached hydrogen (secondary N) is 3. The average molecular weight is 390 g/mol. The molecule has 140 valence electrons. The summed E-state index contributed by atoms with van der Waals surface area (Å²) in [6.45, 7) is 1.32. The van der Waals surface area contributed by atoms with Crippen molar-refractivity contribution in [2.24, 2.45) is 0 Å². The molecule has 0 bridgehead atoms. The molecule has 0 aliphatic rings. The van der Waals surface area contributed by atoms with E-state index in [9.17, 15) is 17.6 Å². The molecular formula is C16H15FN6O3S. The van der Waals surface area contributed by atoms with E-state index in [1.807, 2.05) is 0 Å². The van der Waals surface area contributed by atoms with Crippen molar-refractivity contribution in [3.8, 4) is 11.5 Å². The molecule has 0 aliphatic heterocycles. The molecule has 2 heterocycles. The predicted molar refractivity (Wildman–Crippen MR) is 94.4 cm³/mol. The van der Waals surface area contributed by atoms with Crippen molar-refractivity contribution in [2.75, 3.05) is 5.32 Å². The van der Waals surface area contributed by atoms with Crippen LogP contribution in [0.5, 0.6) is 0 Å². The number of aromatic nitrogens is 4. The van der Waals surface area contributed by atoms with E-state index in [1.54, 1.807) is 24.4 Å². The van der Waals surface area contributed by atoms with Gasteiger partial charge in [0.2, 0.25) is 21.9 Å². The Kier molecular flexibility index (Phi) is 5.23. The highest BCUT2D eigenvalue weighted by atomic mass is 32.2. The van der Waals surface area contributed by atoms with E-state index >= 15 is 0 Å². The van der Waals surface area contributed by atoms with Crippen LogP contribution in [0.3, 0.4) is 0 Å². The molecular weight excluding hydrogens is 375 g/mol. The third kappa shape index (κ3) is 4.33. The highest BCUT2D eigenvalue weighted by Crippen LogP contribution is 2.15. The minimum absolute atomic E-state index is 0.0439. The normalized spacial score (nSPS) is 12.5. The van der Waals surface area contributed by atoms with E-state index in [2.05, 4.69) is 30.2 Å². The maximum atomic E-state index is 13.7. The van der Waals surface area contributed by atoms with Gasteiger partial charge in [-0.3, -0.25) is 20.2 Å². The van der Waals surface area contributed by atoms with Gasteiger partial charge in [-0.05, 0) is 31.2 Å². The van der Waals surface area contributed by atoms with Crippen LogP contribution in [-0.2, 0) is 14.8 Å². The molecule has 27 heavy (non-hydrogen) atoms. The van der Waals surface area contributed by atoms with E-state index < -0.39 is 32.7 Å². The average Bonchev–Trinajstić information content (AvgIpc) is 3.11. The van der Waals surface area contributed by atoms with Crippen LogP contribution < -0.4 is 10.0 Å². The summed E-state index contributed by atoms with van der Waals surface area (Å²) in [4.78, 5) is 19.8. The molecule has 0 saturated carbocycles. The van der Waals surface area contributed by atoms with Crippen molar-refractivity contribution in [2.45, 2.75) is 17.9 Å². The summed E-state index contributed by atoms with van der Waals surface area (Å²) in [5, 5.41) is 8.84. The molecule has 0 spiro atoms. The van der Waals surface area contributed by atoms with Gasteiger partial charge in [0.25, 0.3) is 0 Å². The lowest BCUT2D eigenvalue weighted by Gasteiger charge is -2.13. The zero-order valence-corrected chi connectivity index (χ0v) is 14.9. The van der Waals surface area contributed by atoms with E-state index in [1.165, 1.54) is 19.1 Å². The molecule has 3 aromatic rings. The number of H-pyrrole nitrogens is 1. The highest BCUT2D eigenvalue weighted by Gasteiger charge is 2.25. The first-order chi connectivity index (χ1) is 12.9. The van der Waals surface area contributed by atoms with Crippen LogP contribution in [0.2, 0.25) is 0 Å². The maximum Gasteiger partial charge on any atom is 0.249 e. The second-order valence-electron chi connectivity index (χ2n) is 5.49.